The van der Waals surface area contributed by atoms with E-state index in [1.54, 1.807) is 0 Å². The summed E-state index contributed by atoms with van der Waals surface area (Å²) in [5.41, 5.74) is 0. The third kappa shape index (κ3) is 7.36. The van der Waals surface area contributed by atoms with E-state index >= 15 is 0 Å². The summed E-state index contributed by atoms with van der Waals surface area (Å²) in [6, 6.07) is 0. The maximum atomic E-state index is 8.47. The average Bonchev–Trinajstić information content (AvgIpc) is 1.61. The SMILES string of the molecule is OP(Cl)CCP(O)Cl. The Morgan fingerprint density at radius 3 is 1.38 bits per heavy atom. The van der Waals surface area contributed by atoms with Crippen molar-refractivity contribution >= 4 is 37.5 Å². The van der Waals surface area contributed by atoms with Crippen molar-refractivity contribution in [3.8, 4) is 0 Å². The van der Waals surface area contributed by atoms with Crippen molar-refractivity contribution in [2.24, 2.45) is 0 Å². The van der Waals surface area contributed by atoms with Crippen LogP contribution in [0.2, 0.25) is 0 Å². The molecule has 0 saturated carbocycles. The Kier molecular flexibility index (Phi) is 6.05. The fraction of sp³-hybridized carbons (Fsp3) is 1.00. The predicted octanol–water partition coefficient (Wildman–Crippen LogP) is 2.07. The van der Waals surface area contributed by atoms with E-state index < -0.39 is 15.0 Å². The topological polar surface area (TPSA) is 40.5 Å². The number of hydrogen-bond acceptors (Lipinski definition) is 2. The van der Waals surface area contributed by atoms with Gasteiger partial charge in [-0.05, 0) is 0 Å². The Balaban J connectivity index is 2.93. The first kappa shape index (κ1) is 9.36. The van der Waals surface area contributed by atoms with Gasteiger partial charge in [0, 0.05) is 12.3 Å². The molecular weight excluding hydrogens is 189 g/mol. The molecule has 6 heteroatoms. The standard InChI is InChI=1S/C2H6Cl2O2P2/c3-7(5)1-2-8(4)6/h5-6H,1-2H2. The lowest BCUT2D eigenvalue weighted by Gasteiger charge is -2.00. The lowest BCUT2D eigenvalue weighted by molar-refractivity contribution is 0.631. The van der Waals surface area contributed by atoms with E-state index in [0.717, 1.165) is 0 Å². The molecule has 8 heavy (non-hydrogen) atoms. The Labute approximate surface area is 60.1 Å². The molecule has 0 amide bonds. The molecule has 0 spiro atoms. The zero-order chi connectivity index (χ0) is 6.57. The molecule has 0 aliphatic carbocycles. The Morgan fingerprint density at radius 2 is 1.25 bits per heavy atom. The van der Waals surface area contributed by atoms with Gasteiger partial charge in [0.05, 0.1) is 0 Å². The molecule has 0 aliphatic heterocycles. The minimum Gasteiger partial charge on any atom is -0.359 e. The van der Waals surface area contributed by atoms with Crippen molar-refractivity contribution in [2.75, 3.05) is 12.3 Å². The molecule has 50 valence electrons. The first-order valence-corrected chi connectivity index (χ1v) is 6.64. The molecule has 0 fully saturated rings. The molecule has 2 atom stereocenters. The zero-order valence-electron chi connectivity index (χ0n) is 3.96. The van der Waals surface area contributed by atoms with Crippen LogP contribution in [0.5, 0.6) is 0 Å². The van der Waals surface area contributed by atoms with E-state index in [1.165, 1.54) is 0 Å². The third-order valence-corrected chi connectivity index (χ3v) is 3.02. The van der Waals surface area contributed by atoms with Crippen molar-refractivity contribution < 1.29 is 9.79 Å². The molecule has 0 aromatic rings. The van der Waals surface area contributed by atoms with Crippen molar-refractivity contribution in [3.63, 3.8) is 0 Å². The van der Waals surface area contributed by atoms with Gasteiger partial charge in [0.15, 0.2) is 0 Å². The molecule has 0 saturated heterocycles. The Bertz CT molecular complexity index is 52.0. The molecule has 2 N–H and O–H groups in total. The van der Waals surface area contributed by atoms with Gasteiger partial charge in [-0.2, -0.15) is 0 Å². The summed E-state index contributed by atoms with van der Waals surface area (Å²) in [5.74, 6) is 0. The summed E-state index contributed by atoms with van der Waals surface area (Å²) >= 11 is 10.4. The van der Waals surface area contributed by atoms with Gasteiger partial charge >= 0.3 is 0 Å². The molecule has 0 aromatic heterocycles. The normalized spacial score (nSPS) is 18.0. The van der Waals surface area contributed by atoms with Crippen LogP contribution < -0.4 is 0 Å². The van der Waals surface area contributed by atoms with Crippen molar-refractivity contribution in [3.05, 3.63) is 0 Å². The number of halogens is 2. The van der Waals surface area contributed by atoms with E-state index in [-0.39, 0.29) is 0 Å². The highest BCUT2D eigenvalue weighted by atomic mass is 35.7. The van der Waals surface area contributed by atoms with Crippen LogP contribution in [0.25, 0.3) is 0 Å². The van der Waals surface area contributed by atoms with Crippen LogP contribution in [-0.4, -0.2) is 22.1 Å². The van der Waals surface area contributed by atoms with E-state index in [4.69, 9.17) is 32.3 Å². The van der Waals surface area contributed by atoms with E-state index in [9.17, 15) is 0 Å². The Morgan fingerprint density at radius 1 is 1.00 bits per heavy atom. The molecule has 0 radical (unpaired) electrons. The smallest absolute Gasteiger partial charge is 0.122 e. The van der Waals surface area contributed by atoms with Crippen molar-refractivity contribution in [2.45, 2.75) is 0 Å². The van der Waals surface area contributed by atoms with Crippen LogP contribution in [0, 0.1) is 0 Å². The summed E-state index contributed by atoms with van der Waals surface area (Å²) in [5, 5.41) is 0. The molecule has 0 rings (SSSR count). The van der Waals surface area contributed by atoms with Crippen molar-refractivity contribution in [1.29, 1.82) is 0 Å². The first-order valence-electron chi connectivity index (χ1n) is 1.87. The maximum absolute atomic E-state index is 8.47. The lowest BCUT2D eigenvalue weighted by Crippen LogP contribution is -1.82. The highest BCUT2D eigenvalue weighted by Gasteiger charge is 2.02. The zero-order valence-corrected chi connectivity index (χ0v) is 7.26. The van der Waals surface area contributed by atoms with Gasteiger partial charge in [-0.25, -0.2) is 0 Å². The molecular formula is C2H6Cl2O2P2. The van der Waals surface area contributed by atoms with Crippen LogP contribution in [-0.2, 0) is 0 Å². The summed E-state index contributed by atoms with van der Waals surface area (Å²) in [4.78, 5) is 16.9. The largest absolute Gasteiger partial charge is 0.359 e. The van der Waals surface area contributed by atoms with Gasteiger partial charge in [-0.1, -0.05) is 22.5 Å². The van der Waals surface area contributed by atoms with Crippen LogP contribution in [0.1, 0.15) is 0 Å². The maximum Gasteiger partial charge on any atom is 0.122 e. The minimum atomic E-state index is -1.39. The quantitative estimate of drug-likeness (QED) is 0.676. The molecule has 0 aromatic carbocycles. The van der Waals surface area contributed by atoms with Gasteiger partial charge in [-0.15, -0.1) is 0 Å². The van der Waals surface area contributed by atoms with E-state index in [2.05, 4.69) is 0 Å². The monoisotopic (exact) mass is 194 g/mol. The fourth-order valence-electron chi connectivity index (χ4n) is 0.165. The molecule has 2 nitrogen and oxygen atoms in total. The minimum absolute atomic E-state index is 0.419. The fourth-order valence-corrected chi connectivity index (χ4v) is 2.85. The van der Waals surface area contributed by atoms with Crippen LogP contribution in [0.3, 0.4) is 0 Å². The number of hydrogen-bond donors (Lipinski definition) is 2. The van der Waals surface area contributed by atoms with Gasteiger partial charge in [0.25, 0.3) is 0 Å². The van der Waals surface area contributed by atoms with Crippen LogP contribution in [0.4, 0.5) is 0 Å². The lowest BCUT2D eigenvalue weighted by atomic mass is 11.0. The highest BCUT2D eigenvalue weighted by Crippen LogP contribution is 2.43. The molecule has 0 heterocycles. The molecule has 0 bridgehead atoms. The van der Waals surface area contributed by atoms with Gasteiger partial charge in [0.1, 0.15) is 15.0 Å². The summed E-state index contributed by atoms with van der Waals surface area (Å²) in [6.07, 6.45) is 0.838. The highest BCUT2D eigenvalue weighted by molar-refractivity contribution is 7.82. The first-order chi connectivity index (χ1) is 3.63. The van der Waals surface area contributed by atoms with Crippen molar-refractivity contribution in [1.82, 2.24) is 0 Å². The van der Waals surface area contributed by atoms with Crippen LogP contribution in [0.15, 0.2) is 0 Å². The Hall–Kier alpha value is 1.36. The second-order valence-corrected chi connectivity index (χ2v) is 5.70. The summed E-state index contributed by atoms with van der Waals surface area (Å²) in [7, 11) is -2.78. The summed E-state index contributed by atoms with van der Waals surface area (Å²) < 4.78 is 0. The number of rotatable bonds is 3. The summed E-state index contributed by atoms with van der Waals surface area (Å²) in [6.45, 7) is 0. The van der Waals surface area contributed by atoms with E-state index in [0.29, 0.717) is 12.3 Å². The average molecular weight is 195 g/mol. The molecule has 2 unspecified atom stereocenters. The van der Waals surface area contributed by atoms with Crippen LogP contribution >= 0.6 is 37.5 Å². The second kappa shape index (κ2) is 5.17. The van der Waals surface area contributed by atoms with Gasteiger partial charge in [-0.3, -0.25) is 0 Å². The third-order valence-electron chi connectivity index (χ3n) is 0.469. The van der Waals surface area contributed by atoms with E-state index in [1.807, 2.05) is 0 Å². The predicted molar refractivity (Wildman–Crippen MR) is 39.7 cm³/mol. The molecule has 0 aliphatic rings. The van der Waals surface area contributed by atoms with Gasteiger partial charge < -0.3 is 9.79 Å². The second-order valence-electron chi connectivity index (χ2n) is 1.12. The van der Waals surface area contributed by atoms with Gasteiger partial charge in [0.2, 0.25) is 0 Å².